The van der Waals surface area contributed by atoms with Gasteiger partial charge in [0.15, 0.2) is 0 Å². The van der Waals surface area contributed by atoms with Crippen LogP contribution in [0.2, 0.25) is 0 Å². The summed E-state index contributed by atoms with van der Waals surface area (Å²) in [5.74, 6) is 0.101. The monoisotopic (exact) mass is 260 g/mol. The van der Waals surface area contributed by atoms with Crippen molar-refractivity contribution in [3.05, 3.63) is 45.0 Å². The van der Waals surface area contributed by atoms with Crippen molar-refractivity contribution in [2.24, 2.45) is 0 Å². The normalized spacial score (nSPS) is 10.5. The number of aromatic nitrogens is 3. The Hall–Kier alpha value is -2.37. The fourth-order valence-electron chi connectivity index (χ4n) is 2.00. The van der Waals surface area contributed by atoms with E-state index in [4.69, 9.17) is 0 Å². The minimum Gasteiger partial charge on any atom is -0.326 e. The molecule has 3 N–H and O–H groups in total. The smallest absolute Gasteiger partial charge is 0.262 e. The molecule has 0 spiro atoms. The fourth-order valence-corrected chi connectivity index (χ4v) is 2.00. The summed E-state index contributed by atoms with van der Waals surface area (Å²) in [6.07, 6.45) is 2.40. The van der Waals surface area contributed by atoms with Crippen LogP contribution >= 0.6 is 0 Å². The zero-order chi connectivity index (χ0) is 14.0. The average Bonchev–Trinajstić information content (AvgIpc) is 2.74. The van der Waals surface area contributed by atoms with Gasteiger partial charge in [0.25, 0.3) is 11.5 Å². The molecule has 0 aromatic carbocycles. The van der Waals surface area contributed by atoms with Gasteiger partial charge in [-0.15, -0.1) is 0 Å². The van der Waals surface area contributed by atoms with Gasteiger partial charge in [-0.1, -0.05) is 6.92 Å². The first kappa shape index (κ1) is 13.1. The molecular weight excluding hydrogens is 244 g/mol. The van der Waals surface area contributed by atoms with Gasteiger partial charge in [0.1, 0.15) is 11.4 Å². The third-order valence-electron chi connectivity index (χ3n) is 2.93. The zero-order valence-corrected chi connectivity index (χ0v) is 11.1. The predicted molar refractivity (Wildman–Crippen MR) is 72.5 cm³/mol. The largest absolute Gasteiger partial charge is 0.326 e. The molecule has 1 amide bonds. The Morgan fingerprint density at radius 2 is 2.16 bits per heavy atom. The van der Waals surface area contributed by atoms with Crippen molar-refractivity contribution in [3.8, 4) is 0 Å². The Labute approximate surface area is 110 Å². The summed E-state index contributed by atoms with van der Waals surface area (Å²) in [6.45, 7) is 5.48. The van der Waals surface area contributed by atoms with E-state index in [1.54, 1.807) is 26.1 Å². The van der Waals surface area contributed by atoms with Gasteiger partial charge < -0.3 is 10.3 Å². The molecule has 0 atom stereocenters. The Bertz CT molecular complexity index is 670. The van der Waals surface area contributed by atoms with E-state index >= 15 is 0 Å². The molecule has 0 unspecified atom stereocenters. The first-order valence-corrected chi connectivity index (χ1v) is 6.07. The van der Waals surface area contributed by atoms with Crippen LogP contribution in [0, 0.1) is 13.8 Å². The Kier molecular flexibility index (Phi) is 3.50. The number of hydrogen-bond donors (Lipinski definition) is 3. The number of carbonyl (C=O) groups excluding carboxylic acids is 1. The van der Waals surface area contributed by atoms with E-state index in [1.165, 1.54) is 0 Å². The summed E-state index contributed by atoms with van der Waals surface area (Å²) in [5.41, 5.74) is 2.02. The summed E-state index contributed by atoms with van der Waals surface area (Å²) in [7, 11) is 0. The maximum Gasteiger partial charge on any atom is 0.262 e. The molecule has 0 bridgehead atoms. The third kappa shape index (κ3) is 2.57. The van der Waals surface area contributed by atoms with Gasteiger partial charge >= 0.3 is 0 Å². The number of nitrogens with one attached hydrogen (secondary N) is 3. The maximum atomic E-state index is 12.2. The van der Waals surface area contributed by atoms with Gasteiger partial charge in [-0.3, -0.25) is 14.7 Å². The molecule has 0 aliphatic heterocycles. The number of H-pyrrole nitrogens is 2. The van der Waals surface area contributed by atoms with Crippen LogP contribution in [0.5, 0.6) is 0 Å². The number of aryl methyl sites for hydroxylation is 3. The first-order chi connectivity index (χ1) is 9.02. The second-order valence-electron chi connectivity index (χ2n) is 4.42. The highest BCUT2D eigenvalue weighted by molar-refractivity contribution is 6.04. The van der Waals surface area contributed by atoms with Gasteiger partial charge in [0, 0.05) is 11.3 Å². The molecule has 0 aliphatic carbocycles. The average molecular weight is 260 g/mol. The Morgan fingerprint density at radius 1 is 1.42 bits per heavy atom. The molecule has 2 heterocycles. The van der Waals surface area contributed by atoms with Crippen LogP contribution in [-0.2, 0) is 6.42 Å². The molecule has 0 saturated heterocycles. The van der Waals surface area contributed by atoms with Gasteiger partial charge in [-0.2, -0.15) is 5.10 Å². The number of anilines is 1. The summed E-state index contributed by atoms with van der Waals surface area (Å²) in [5, 5.41) is 9.27. The molecule has 2 aromatic heterocycles. The molecule has 0 fully saturated rings. The number of aromatic amines is 2. The topological polar surface area (TPSA) is 90.6 Å². The number of hydrogen-bond acceptors (Lipinski definition) is 3. The first-order valence-electron chi connectivity index (χ1n) is 6.07. The van der Waals surface area contributed by atoms with Crippen LogP contribution in [0.15, 0.2) is 17.1 Å². The fraction of sp³-hybridized carbons (Fsp3) is 0.308. The molecule has 0 aliphatic rings. The number of amides is 1. The lowest BCUT2D eigenvalue weighted by molar-refractivity contribution is 0.102. The minimum atomic E-state index is -0.433. The molecule has 6 nitrogen and oxygen atoms in total. The quantitative estimate of drug-likeness (QED) is 0.781. The van der Waals surface area contributed by atoms with E-state index in [1.807, 2.05) is 6.92 Å². The van der Waals surface area contributed by atoms with Gasteiger partial charge in [0.05, 0.1) is 6.20 Å². The van der Waals surface area contributed by atoms with E-state index in [0.29, 0.717) is 11.4 Å². The minimum absolute atomic E-state index is 0.127. The molecule has 100 valence electrons. The second-order valence-corrected chi connectivity index (χ2v) is 4.42. The van der Waals surface area contributed by atoms with Crippen molar-refractivity contribution in [2.75, 3.05) is 5.32 Å². The summed E-state index contributed by atoms with van der Waals surface area (Å²) < 4.78 is 0. The van der Waals surface area contributed by atoms with Crippen LogP contribution in [0.3, 0.4) is 0 Å². The second kappa shape index (κ2) is 5.09. The lowest BCUT2D eigenvalue weighted by atomic mass is 10.1. The molecule has 0 radical (unpaired) electrons. The van der Waals surface area contributed by atoms with E-state index in [9.17, 15) is 9.59 Å². The van der Waals surface area contributed by atoms with Crippen molar-refractivity contribution < 1.29 is 4.79 Å². The molecular formula is C13H16N4O2. The summed E-state index contributed by atoms with van der Waals surface area (Å²) in [4.78, 5) is 26.6. The van der Waals surface area contributed by atoms with Crippen molar-refractivity contribution in [3.63, 3.8) is 0 Å². The van der Waals surface area contributed by atoms with E-state index in [0.717, 1.165) is 17.7 Å². The highest BCUT2D eigenvalue weighted by atomic mass is 16.2. The van der Waals surface area contributed by atoms with Crippen LogP contribution in [0.1, 0.15) is 34.1 Å². The number of carbonyl (C=O) groups is 1. The highest BCUT2D eigenvalue weighted by Gasteiger charge is 2.16. The van der Waals surface area contributed by atoms with Crippen LogP contribution in [-0.4, -0.2) is 21.1 Å². The highest BCUT2D eigenvalue weighted by Crippen LogP contribution is 2.13. The van der Waals surface area contributed by atoms with E-state index in [2.05, 4.69) is 20.5 Å². The number of pyridine rings is 1. The van der Waals surface area contributed by atoms with Crippen molar-refractivity contribution in [2.45, 2.75) is 27.2 Å². The molecule has 0 saturated carbocycles. The number of rotatable bonds is 3. The molecule has 6 heteroatoms. The molecule has 19 heavy (non-hydrogen) atoms. The van der Waals surface area contributed by atoms with Crippen molar-refractivity contribution >= 4 is 11.7 Å². The zero-order valence-electron chi connectivity index (χ0n) is 11.1. The maximum absolute atomic E-state index is 12.2. The molecule has 2 aromatic rings. The SMILES string of the molecule is CCc1cn[nH]c1NC(=O)c1c(C)cc(C)[nH]c1=O. The Morgan fingerprint density at radius 3 is 2.79 bits per heavy atom. The summed E-state index contributed by atoms with van der Waals surface area (Å²) >= 11 is 0. The van der Waals surface area contributed by atoms with E-state index in [-0.39, 0.29) is 11.1 Å². The van der Waals surface area contributed by atoms with Crippen LogP contribution < -0.4 is 10.9 Å². The third-order valence-corrected chi connectivity index (χ3v) is 2.93. The van der Waals surface area contributed by atoms with Gasteiger partial charge in [0.2, 0.25) is 0 Å². The van der Waals surface area contributed by atoms with E-state index < -0.39 is 5.91 Å². The summed E-state index contributed by atoms with van der Waals surface area (Å²) in [6, 6.07) is 1.77. The van der Waals surface area contributed by atoms with Crippen LogP contribution in [0.25, 0.3) is 0 Å². The van der Waals surface area contributed by atoms with Crippen molar-refractivity contribution in [1.29, 1.82) is 0 Å². The lowest BCUT2D eigenvalue weighted by Crippen LogP contribution is -2.25. The standard InChI is InChI=1S/C13H16N4O2/c1-4-9-6-14-17-11(9)16-13(19)10-7(2)5-8(3)15-12(10)18/h5-6H,4H2,1-3H3,(H,15,18)(H2,14,16,17,19). The van der Waals surface area contributed by atoms with Crippen molar-refractivity contribution in [1.82, 2.24) is 15.2 Å². The predicted octanol–water partition coefficient (Wildman–Crippen LogP) is 1.53. The van der Waals surface area contributed by atoms with Gasteiger partial charge in [-0.05, 0) is 31.9 Å². The van der Waals surface area contributed by atoms with Crippen LogP contribution in [0.4, 0.5) is 5.82 Å². The Balaban J connectivity index is 2.34. The van der Waals surface area contributed by atoms with Gasteiger partial charge in [-0.25, -0.2) is 0 Å². The number of nitrogens with zero attached hydrogens (tertiary/aromatic N) is 1. The molecule has 2 rings (SSSR count). The lowest BCUT2D eigenvalue weighted by Gasteiger charge is -2.07.